The van der Waals surface area contributed by atoms with Crippen LogP contribution in [0.15, 0.2) is 53.0 Å². The second-order valence-electron chi connectivity index (χ2n) is 5.83. The Balaban J connectivity index is 1.65. The molecule has 0 saturated heterocycles. The summed E-state index contributed by atoms with van der Waals surface area (Å²) in [5.41, 5.74) is 10.2. The Morgan fingerprint density at radius 2 is 2.38 bits per heavy atom. The second kappa shape index (κ2) is 6.26. The zero-order valence-electron chi connectivity index (χ0n) is 16.1. The number of benzene rings is 1. The van der Waals surface area contributed by atoms with Crippen molar-refractivity contribution in [1.82, 2.24) is 9.88 Å². The Hall–Kier alpha value is -2.37. The largest absolute Gasteiger partial charge is 0.383 e. The van der Waals surface area contributed by atoms with Crippen LogP contribution in [0.3, 0.4) is 0 Å². The van der Waals surface area contributed by atoms with Crippen molar-refractivity contribution in [3.63, 3.8) is 0 Å². The number of thiophene rings is 1. The summed E-state index contributed by atoms with van der Waals surface area (Å²) in [5.74, 6) is 0.506. The first-order valence-corrected chi connectivity index (χ1v) is 8.73. The van der Waals surface area contributed by atoms with Gasteiger partial charge in [-0.1, -0.05) is 12.1 Å². The molecular formula is C19H20N4S. The average molecular weight is 339 g/mol. The average Bonchev–Trinajstić information content (AvgIpc) is 3.31. The van der Waals surface area contributed by atoms with Crippen LogP contribution in [0.25, 0.3) is 16.5 Å². The number of hydrogen-bond acceptors (Lipinski definition) is 3. The van der Waals surface area contributed by atoms with Gasteiger partial charge in [-0.05, 0) is 48.6 Å². The van der Waals surface area contributed by atoms with Gasteiger partial charge in [0.05, 0.1) is 10.6 Å². The summed E-state index contributed by atoms with van der Waals surface area (Å²) in [7, 11) is 0. The number of hydrogen-bond donors (Lipinski definition) is 2. The molecule has 0 bridgehead atoms. The van der Waals surface area contributed by atoms with E-state index in [2.05, 4.69) is 9.98 Å². The molecule has 0 unspecified atom stereocenters. The lowest BCUT2D eigenvalue weighted by molar-refractivity contribution is 0.370. The first-order chi connectivity index (χ1) is 12.9. The van der Waals surface area contributed by atoms with Crippen LogP contribution in [0.5, 0.6) is 0 Å². The van der Waals surface area contributed by atoms with Gasteiger partial charge in [0.25, 0.3) is 0 Å². The van der Waals surface area contributed by atoms with Crippen molar-refractivity contribution >= 4 is 39.3 Å². The summed E-state index contributed by atoms with van der Waals surface area (Å²) < 4.78 is 22.6. The van der Waals surface area contributed by atoms with Gasteiger partial charge in [0.1, 0.15) is 5.84 Å². The van der Waals surface area contributed by atoms with Crippen LogP contribution in [0.1, 0.15) is 21.0 Å². The summed E-state index contributed by atoms with van der Waals surface area (Å²) in [6, 6.07) is 9.87. The number of aliphatic imine (C=N–C) groups is 1. The molecule has 2 aromatic heterocycles. The fraction of sp³-hybridized carbons (Fsp3) is 0.211. The SMILES string of the molecule is [2H]C([2H])([2H])N1CC=C(c2c[nH]c3ccc(N=C(N)c4cccs4)cc23)CC1. The third kappa shape index (κ3) is 2.88. The lowest BCUT2D eigenvalue weighted by atomic mass is 9.99. The van der Waals surface area contributed by atoms with E-state index < -0.39 is 6.98 Å². The molecule has 4 rings (SSSR count). The number of aromatic amines is 1. The minimum Gasteiger partial charge on any atom is -0.383 e. The highest BCUT2D eigenvalue weighted by Gasteiger charge is 2.13. The van der Waals surface area contributed by atoms with E-state index in [1.54, 1.807) is 11.3 Å². The molecule has 0 fully saturated rings. The van der Waals surface area contributed by atoms with E-state index in [0.29, 0.717) is 25.3 Å². The summed E-state index contributed by atoms with van der Waals surface area (Å²) in [4.78, 5) is 10.3. The molecule has 122 valence electrons. The van der Waals surface area contributed by atoms with Crippen LogP contribution in [0.2, 0.25) is 0 Å². The van der Waals surface area contributed by atoms with Crippen molar-refractivity contribution < 1.29 is 4.11 Å². The molecule has 0 amide bonds. The molecule has 0 aliphatic carbocycles. The van der Waals surface area contributed by atoms with Gasteiger partial charge in [-0.25, -0.2) is 4.99 Å². The third-order valence-corrected chi connectivity index (χ3v) is 5.14. The van der Waals surface area contributed by atoms with Crippen molar-refractivity contribution in [2.45, 2.75) is 6.42 Å². The predicted molar refractivity (Wildman–Crippen MR) is 103 cm³/mol. The maximum atomic E-state index is 7.55. The molecular weight excluding hydrogens is 316 g/mol. The van der Waals surface area contributed by atoms with Crippen molar-refractivity contribution in [3.8, 4) is 0 Å². The molecule has 0 saturated carbocycles. The van der Waals surface area contributed by atoms with Crippen LogP contribution >= 0.6 is 11.3 Å². The topological polar surface area (TPSA) is 57.4 Å². The van der Waals surface area contributed by atoms with Crippen molar-refractivity contribution in [2.24, 2.45) is 10.7 Å². The van der Waals surface area contributed by atoms with Gasteiger partial charge in [-0.2, -0.15) is 0 Å². The fourth-order valence-electron chi connectivity index (χ4n) is 2.98. The Labute approximate surface area is 149 Å². The minimum absolute atomic E-state index is 0.432. The maximum absolute atomic E-state index is 7.55. The van der Waals surface area contributed by atoms with Gasteiger partial charge in [0, 0.05) is 39.9 Å². The van der Waals surface area contributed by atoms with Crippen LogP contribution in [-0.2, 0) is 0 Å². The summed E-state index contributed by atoms with van der Waals surface area (Å²) in [6.45, 7) is -1.08. The molecule has 4 nitrogen and oxygen atoms in total. The number of amidine groups is 1. The summed E-state index contributed by atoms with van der Waals surface area (Å²) in [5, 5.41) is 3.05. The molecule has 3 N–H and O–H groups in total. The zero-order valence-corrected chi connectivity index (χ0v) is 13.9. The molecule has 0 atom stereocenters. The Morgan fingerprint density at radius 3 is 3.12 bits per heavy atom. The lowest BCUT2D eigenvalue weighted by Gasteiger charge is -2.21. The standard InChI is InChI=1S/C19H20N4S/c1-23-8-6-13(7-9-23)16-12-21-17-5-4-14(11-15(16)17)22-19(20)18-3-2-10-24-18/h2-6,10-12,21H,7-9H2,1H3,(H2,20,22)/i1D3. The molecule has 1 aliphatic rings. The molecule has 1 aliphatic heterocycles. The number of likely N-dealkylation sites (N-methyl/N-ethyl adjacent to an activating group) is 1. The first kappa shape index (κ1) is 12.1. The van der Waals surface area contributed by atoms with E-state index in [4.69, 9.17) is 9.85 Å². The quantitative estimate of drug-likeness (QED) is 0.560. The highest BCUT2D eigenvalue weighted by Crippen LogP contribution is 2.31. The van der Waals surface area contributed by atoms with E-state index in [1.807, 2.05) is 48.0 Å². The van der Waals surface area contributed by atoms with Gasteiger partial charge < -0.3 is 15.6 Å². The van der Waals surface area contributed by atoms with E-state index >= 15 is 0 Å². The van der Waals surface area contributed by atoms with Crippen molar-refractivity contribution in [3.05, 3.63) is 58.4 Å². The summed E-state index contributed by atoms with van der Waals surface area (Å²) in [6.07, 6.45) is 4.70. The number of aromatic nitrogens is 1. The van der Waals surface area contributed by atoms with Crippen LogP contribution in [-0.4, -0.2) is 35.8 Å². The molecule has 1 aromatic carbocycles. The van der Waals surface area contributed by atoms with Gasteiger partial charge in [0.2, 0.25) is 0 Å². The first-order valence-electron chi connectivity index (χ1n) is 9.35. The number of nitrogens with one attached hydrogen (secondary N) is 1. The fourth-order valence-corrected chi connectivity index (χ4v) is 3.60. The molecule has 5 heteroatoms. The minimum atomic E-state index is -2.04. The monoisotopic (exact) mass is 339 g/mol. The van der Waals surface area contributed by atoms with E-state index in [1.165, 1.54) is 4.90 Å². The van der Waals surface area contributed by atoms with Crippen molar-refractivity contribution in [1.29, 1.82) is 0 Å². The molecule has 0 radical (unpaired) electrons. The number of H-pyrrole nitrogens is 1. The Kier molecular flexibility index (Phi) is 3.15. The molecule has 24 heavy (non-hydrogen) atoms. The third-order valence-electron chi connectivity index (χ3n) is 4.24. The lowest BCUT2D eigenvalue weighted by Crippen LogP contribution is -2.23. The normalized spacial score (nSPS) is 18.9. The number of nitrogens with zero attached hydrogens (tertiary/aromatic N) is 2. The smallest absolute Gasteiger partial charge is 0.141 e. The Morgan fingerprint density at radius 1 is 1.42 bits per heavy atom. The summed E-state index contributed by atoms with van der Waals surface area (Å²) >= 11 is 1.56. The predicted octanol–water partition coefficient (Wildman–Crippen LogP) is 3.99. The highest BCUT2D eigenvalue weighted by molar-refractivity contribution is 7.12. The zero-order chi connectivity index (χ0) is 19.0. The molecule has 3 heterocycles. The van der Waals surface area contributed by atoms with Crippen LogP contribution in [0, 0.1) is 0 Å². The number of rotatable bonds is 3. The second-order valence-corrected chi connectivity index (χ2v) is 6.78. The molecule has 3 aromatic rings. The van der Waals surface area contributed by atoms with Crippen LogP contribution < -0.4 is 5.73 Å². The number of fused-ring (bicyclic) bond motifs is 1. The van der Waals surface area contributed by atoms with E-state index in [-0.39, 0.29) is 0 Å². The number of nitrogens with two attached hydrogens (primary N) is 1. The van der Waals surface area contributed by atoms with Gasteiger partial charge in [-0.15, -0.1) is 11.3 Å². The highest BCUT2D eigenvalue weighted by atomic mass is 32.1. The van der Waals surface area contributed by atoms with Crippen LogP contribution in [0.4, 0.5) is 5.69 Å². The van der Waals surface area contributed by atoms with Crippen molar-refractivity contribution in [2.75, 3.05) is 20.1 Å². The maximum Gasteiger partial charge on any atom is 0.141 e. The Bertz CT molecular complexity index is 1020. The van der Waals surface area contributed by atoms with Gasteiger partial charge in [-0.3, -0.25) is 0 Å². The van der Waals surface area contributed by atoms with E-state index in [9.17, 15) is 0 Å². The van der Waals surface area contributed by atoms with Gasteiger partial charge >= 0.3 is 0 Å². The van der Waals surface area contributed by atoms with E-state index in [0.717, 1.165) is 32.6 Å². The van der Waals surface area contributed by atoms with Gasteiger partial charge in [0.15, 0.2) is 0 Å². The molecule has 0 spiro atoms.